The number of aryl methyl sites for hydroxylation is 2. The summed E-state index contributed by atoms with van der Waals surface area (Å²) in [5.74, 6) is 1.33. The number of thiazole rings is 1. The first-order valence-corrected chi connectivity index (χ1v) is 9.75. The van der Waals surface area contributed by atoms with Crippen molar-refractivity contribution in [3.63, 3.8) is 0 Å². The lowest BCUT2D eigenvalue weighted by Crippen LogP contribution is -2.38. The van der Waals surface area contributed by atoms with E-state index in [2.05, 4.69) is 53.8 Å². The highest BCUT2D eigenvalue weighted by atomic mass is 32.1. The van der Waals surface area contributed by atoms with E-state index in [1.54, 1.807) is 11.3 Å². The third-order valence-electron chi connectivity index (χ3n) is 4.14. The Bertz CT molecular complexity index is 713. The van der Waals surface area contributed by atoms with Gasteiger partial charge in [0.25, 0.3) is 0 Å². The lowest BCUT2D eigenvalue weighted by molar-refractivity contribution is 0.729. The molecule has 0 spiro atoms. The first-order valence-electron chi connectivity index (χ1n) is 8.87. The summed E-state index contributed by atoms with van der Waals surface area (Å²) in [6.45, 7) is 12.8. The van der Waals surface area contributed by atoms with Crippen molar-refractivity contribution in [3.8, 4) is 0 Å². The third kappa shape index (κ3) is 5.29. The maximum atomic E-state index is 4.71. The minimum atomic E-state index is 0.497. The number of nitrogens with one attached hydrogen (secondary N) is 2. The molecule has 0 bridgehead atoms. The zero-order valence-corrected chi connectivity index (χ0v) is 17.0. The Hall–Kier alpha value is -1.89. The van der Waals surface area contributed by atoms with Crippen LogP contribution in [0.2, 0.25) is 0 Å². The van der Waals surface area contributed by atoms with E-state index in [0.29, 0.717) is 12.5 Å². The molecule has 0 saturated heterocycles. The van der Waals surface area contributed by atoms with E-state index in [0.717, 1.165) is 36.9 Å². The fourth-order valence-electron chi connectivity index (χ4n) is 2.56. The van der Waals surface area contributed by atoms with E-state index < -0.39 is 0 Å². The molecule has 2 aromatic rings. The van der Waals surface area contributed by atoms with Crippen molar-refractivity contribution in [2.45, 2.75) is 53.5 Å². The van der Waals surface area contributed by atoms with Crippen molar-refractivity contribution in [2.75, 3.05) is 13.1 Å². The van der Waals surface area contributed by atoms with Crippen LogP contribution < -0.4 is 10.6 Å². The number of hydrogen-bond acceptors (Lipinski definition) is 4. The summed E-state index contributed by atoms with van der Waals surface area (Å²) in [7, 11) is 1.97. The molecule has 0 amide bonds. The Morgan fingerprint density at radius 3 is 2.64 bits per heavy atom. The van der Waals surface area contributed by atoms with Crippen molar-refractivity contribution in [2.24, 2.45) is 12.0 Å². The number of nitrogens with zero attached hydrogens (tertiary/aromatic N) is 4. The van der Waals surface area contributed by atoms with E-state index >= 15 is 0 Å². The summed E-state index contributed by atoms with van der Waals surface area (Å²) >= 11 is 1.75. The quantitative estimate of drug-likeness (QED) is 0.587. The summed E-state index contributed by atoms with van der Waals surface area (Å²) in [6.07, 6.45) is 0.901. The van der Waals surface area contributed by atoms with Gasteiger partial charge in [-0.05, 0) is 20.8 Å². The van der Waals surface area contributed by atoms with Crippen molar-refractivity contribution in [3.05, 3.63) is 33.0 Å². The smallest absolute Gasteiger partial charge is 0.191 e. The second-order valence-corrected chi connectivity index (χ2v) is 7.37. The topological polar surface area (TPSA) is 67.1 Å². The Kier molecular flexibility index (Phi) is 6.99. The summed E-state index contributed by atoms with van der Waals surface area (Å²) < 4.78 is 1.91. The molecular weight excluding hydrogens is 332 g/mol. The van der Waals surface area contributed by atoms with Crippen molar-refractivity contribution >= 4 is 17.3 Å². The van der Waals surface area contributed by atoms with E-state index in [9.17, 15) is 0 Å². The summed E-state index contributed by atoms with van der Waals surface area (Å²) in [5, 5.41) is 14.5. The molecule has 6 nitrogen and oxygen atoms in total. The first-order chi connectivity index (χ1) is 11.9. The van der Waals surface area contributed by atoms with Gasteiger partial charge in [0.1, 0.15) is 0 Å². The molecule has 138 valence electrons. The van der Waals surface area contributed by atoms with Crippen LogP contribution in [0.5, 0.6) is 0 Å². The van der Waals surface area contributed by atoms with Crippen LogP contribution in [0.15, 0.2) is 10.4 Å². The molecule has 0 fully saturated rings. The van der Waals surface area contributed by atoms with Crippen LogP contribution >= 0.6 is 11.3 Å². The lowest BCUT2D eigenvalue weighted by atomic mass is 10.2. The van der Waals surface area contributed by atoms with Gasteiger partial charge in [0.2, 0.25) is 0 Å². The van der Waals surface area contributed by atoms with Gasteiger partial charge in [-0.2, -0.15) is 5.10 Å². The summed E-state index contributed by atoms with van der Waals surface area (Å²) in [6, 6.07) is 0. The van der Waals surface area contributed by atoms with Gasteiger partial charge >= 0.3 is 0 Å². The molecule has 7 heteroatoms. The predicted molar refractivity (Wildman–Crippen MR) is 105 cm³/mol. The van der Waals surface area contributed by atoms with Crippen molar-refractivity contribution < 1.29 is 0 Å². The first kappa shape index (κ1) is 19.4. The number of rotatable bonds is 7. The highest BCUT2D eigenvalue weighted by Crippen LogP contribution is 2.19. The standard InChI is InChI=1S/C18H30N6S/c1-7-19-18(21-10-16-13(4)23-24(6)14(16)5)20-9-8-15-11-25-17(22-15)12(2)3/h11-12H,7-10H2,1-6H3,(H2,19,20,21). The van der Waals surface area contributed by atoms with Crippen LogP contribution in [0.25, 0.3) is 0 Å². The molecule has 0 aromatic carbocycles. The van der Waals surface area contributed by atoms with Gasteiger partial charge in [-0.3, -0.25) is 4.68 Å². The molecule has 0 aliphatic carbocycles. The maximum absolute atomic E-state index is 4.71. The van der Waals surface area contributed by atoms with Crippen LogP contribution in [0.4, 0.5) is 0 Å². The van der Waals surface area contributed by atoms with Crippen LogP contribution in [0.3, 0.4) is 0 Å². The fourth-order valence-corrected chi connectivity index (χ4v) is 3.43. The Balaban J connectivity index is 1.93. The molecule has 2 aromatic heterocycles. The largest absolute Gasteiger partial charge is 0.357 e. The molecule has 25 heavy (non-hydrogen) atoms. The van der Waals surface area contributed by atoms with E-state index in [1.807, 2.05) is 18.7 Å². The molecule has 2 heterocycles. The molecular formula is C18H30N6S. The van der Waals surface area contributed by atoms with Crippen molar-refractivity contribution in [1.29, 1.82) is 0 Å². The SMILES string of the molecule is CCNC(=NCc1c(C)nn(C)c1C)NCCc1csc(C(C)C)n1. The van der Waals surface area contributed by atoms with Crippen LogP contribution in [0.1, 0.15) is 54.3 Å². The normalized spacial score (nSPS) is 12.0. The lowest BCUT2D eigenvalue weighted by Gasteiger charge is -2.11. The number of aliphatic imine (C=N–C) groups is 1. The Labute approximate surface area is 154 Å². The molecule has 0 aliphatic rings. The van der Waals surface area contributed by atoms with Gasteiger partial charge in [0.05, 0.1) is 22.9 Å². The third-order valence-corrected chi connectivity index (χ3v) is 5.33. The van der Waals surface area contributed by atoms with Gasteiger partial charge in [0.15, 0.2) is 5.96 Å². The Morgan fingerprint density at radius 1 is 1.32 bits per heavy atom. The molecule has 0 radical (unpaired) electrons. The molecule has 0 aliphatic heterocycles. The Morgan fingerprint density at radius 2 is 2.08 bits per heavy atom. The molecule has 0 unspecified atom stereocenters. The number of aromatic nitrogens is 3. The second kappa shape index (κ2) is 8.99. The molecule has 2 N–H and O–H groups in total. The van der Waals surface area contributed by atoms with Crippen LogP contribution in [-0.4, -0.2) is 33.8 Å². The fraction of sp³-hybridized carbons (Fsp3) is 0.611. The zero-order chi connectivity index (χ0) is 18.4. The second-order valence-electron chi connectivity index (χ2n) is 6.48. The highest BCUT2D eigenvalue weighted by Gasteiger charge is 2.09. The summed E-state index contributed by atoms with van der Waals surface area (Å²) in [5.41, 5.74) is 4.56. The summed E-state index contributed by atoms with van der Waals surface area (Å²) in [4.78, 5) is 9.39. The maximum Gasteiger partial charge on any atom is 0.191 e. The van der Waals surface area contributed by atoms with E-state index in [4.69, 9.17) is 4.99 Å². The van der Waals surface area contributed by atoms with Gasteiger partial charge in [-0.1, -0.05) is 13.8 Å². The van der Waals surface area contributed by atoms with Crippen molar-refractivity contribution in [1.82, 2.24) is 25.4 Å². The monoisotopic (exact) mass is 362 g/mol. The van der Waals surface area contributed by atoms with Crippen LogP contribution in [-0.2, 0) is 20.0 Å². The van der Waals surface area contributed by atoms with E-state index in [-0.39, 0.29) is 0 Å². The van der Waals surface area contributed by atoms with Gasteiger partial charge in [-0.15, -0.1) is 11.3 Å². The van der Waals surface area contributed by atoms with E-state index in [1.165, 1.54) is 16.3 Å². The van der Waals surface area contributed by atoms with Gasteiger partial charge in [-0.25, -0.2) is 9.98 Å². The minimum absolute atomic E-state index is 0.497. The zero-order valence-electron chi connectivity index (χ0n) is 16.2. The predicted octanol–water partition coefficient (Wildman–Crippen LogP) is 2.91. The number of guanidine groups is 1. The average molecular weight is 363 g/mol. The van der Waals surface area contributed by atoms with Gasteiger partial charge < -0.3 is 10.6 Å². The number of hydrogen-bond donors (Lipinski definition) is 2. The van der Waals surface area contributed by atoms with Crippen LogP contribution in [0, 0.1) is 13.8 Å². The minimum Gasteiger partial charge on any atom is -0.357 e. The highest BCUT2D eigenvalue weighted by molar-refractivity contribution is 7.09. The van der Waals surface area contributed by atoms with Gasteiger partial charge in [0, 0.05) is 49.1 Å². The molecule has 2 rings (SSSR count). The average Bonchev–Trinajstić information content (AvgIpc) is 3.12. The molecule has 0 atom stereocenters. The molecule has 0 saturated carbocycles.